The summed E-state index contributed by atoms with van der Waals surface area (Å²) in [5, 5.41) is 8.53. The second-order valence-corrected chi connectivity index (χ2v) is 3.31. The summed E-state index contributed by atoms with van der Waals surface area (Å²) in [6.07, 6.45) is -2.47. The zero-order valence-corrected chi connectivity index (χ0v) is 8.85. The maximum atomic E-state index is 12.5. The molecule has 0 fully saturated rings. The molecule has 0 saturated heterocycles. The number of halogens is 3. The number of rotatable bonds is 3. The first kappa shape index (κ1) is 11.9. The Kier molecular flexibility index (Phi) is 3.98. The van der Waals surface area contributed by atoms with Crippen LogP contribution in [0.3, 0.4) is 0 Å². The van der Waals surface area contributed by atoms with Crippen molar-refractivity contribution in [3.8, 4) is 6.07 Å². The van der Waals surface area contributed by atoms with Crippen molar-refractivity contribution in [3.63, 3.8) is 0 Å². The molecular weight excluding hydrogens is 222 g/mol. The van der Waals surface area contributed by atoms with Gasteiger partial charge in [0.1, 0.15) is 5.69 Å². The molecule has 0 N–H and O–H groups in total. The number of aryl methyl sites for hydroxylation is 1. The van der Waals surface area contributed by atoms with Crippen LogP contribution in [-0.2, 0) is 12.3 Å². The summed E-state index contributed by atoms with van der Waals surface area (Å²) >= 11 is 5.54. The van der Waals surface area contributed by atoms with E-state index in [4.69, 9.17) is 16.9 Å². The van der Waals surface area contributed by atoms with Gasteiger partial charge in [-0.05, 0) is 24.1 Å². The van der Waals surface area contributed by atoms with E-state index >= 15 is 0 Å². The van der Waals surface area contributed by atoms with Crippen LogP contribution < -0.4 is 0 Å². The first-order valence-corrected chi connectivity index (χ1v) is 4.84. The van der Waals surface area contributed by atoms with Crippen LogP contribution in [0.15, 0.2) is 6.07 Å². The number of hydrogen-bond acceptors (Lipinski definition) is 2. The van der Waals surface area contributed by atoms with Gasteiger partial charge >= 0.3 is 0 Å². The molecule has 0 aromatic carbocycles. The molecule has 1 rings (SSSR count). The fourth-order valence-electron chi connectivity index (χ4n) is 1.27. The molecule has 1 aromatic rings. The van der Waals surface area contributed by atoms with Crippen molar-refractivity contribution >= 4 is 11.6 Å². The van der Waals surface area contributed by atoms with Crippen molar-refractivity contribution in [2.75, 3.05) is 0 Å². The van der Waals surface area contributed by atoms with Gasteiger partial charge in [0.15, 0.2) is 0 Å². The second-order valence-electron chi connectivity index (χ2n) is 3.05. The number of nitrogens with zero attached hydrogens (tertiary/aromatic N) is 2. The van der Waals surface area contributed by atoms with Gasteiger partial charge in [0, 0.05) is 11.6 Å². The molecule has 15 heavy (non-hydrogen) atoms. The van der Waals surface area contributed by atoms with Crippen LogP contribution in [0.1, 0.15) is 28.9 Å². The van der Waals surface area contributed by atoms with Crippen LogP contribution in [-0.4, -0.2) is 4.98 Å². The van der Waals surface area contributed by atoms with Gasteiger partial charge in [0.05, 0.1) is 12.5 Å². The predicted octanol–water partition coefficient (Wildman–Crippen LogP) is 3.13. The highest BCUT2D eigenvalue weighted by molar-refractivity contribution is 6.17. The number of nitriles is 1. The number of hydrogen-bond donors (Lipinski definition) is 0. The standard InChI is InChI=1S/C10H9ClF2N2/c1-6-7(2-3-14)4-8(5-11)9(15-6)10(12)13/h4,10H,2,5H2,1H3. The van der Waals surface area contributed by atoms with Crippen molar-refractivity contribution in [2.45, 2.75) is 25.7 Å². The van der Waals surface area contributed by atoms with E-state index in [1.807, 2.05) is 6.07 Å². The molecule has 0 spiro atoms. The Morgan fingerprint density at radius 3 is 2.67 bits per heavy atom. The highest BCUT2D eigenvalue weighted by Gasteiger charge is 2.16. The third kappa shape index (κ3) is 2.63. The highest BCUT2D eigenvalue weighted by atomic mass is 35.5. The zero-order chi connectivity index (χ0) is 11.4. The van der Waals surface area contributed by atoms with Gasteiger partial charge in [-0.2, -0.15) is 5.26 Å². The van der Waals surface area contributed by atoms with Gasteiger partial charge in [-0.3, -0.25) is 4.98 Å². The highest BCUT2D eigenvalue weighted by Crippen LogP contribution is 2.24. The van der Waals surface area contributed by atoms with Crippen LogP contribution in [0, 0.1) is 18.3 Å². The lowest BCUT2D eigenvalue weighted by Gasteiger charge is -2.09. The maximum Gasteiger partial charge on any atom is 0.280 e. The molecule has 0 amide bonds. The Balaban J connectivity index is 3.24. The van der Waals surface area contributed by atoms with Gasteiger partial charge < -0.3 is 0 Å². The van der Waals surface area contributed by atoms with E-state index in [-0.39, 0.29) is 18.0 Å². The Bertz CT molecular complexity index is 399. The predicted molar refractivity (Wildman–Crippen MR) is 52.8 cm³/mol. The summed E-state index contributed by atoms with van der Waals surface area (Å²) in [5.41, 5.74) is 1.12. The molecule has 1 aromatic heterocycles. The number of alkyl halides is 3. The van der Waals surface area contributed by atoms with Gasteiger partial charge in [-0.15, -0.1) is 11.6 Å². The van der Waals surface area contributed by atoms with E-state index in [1.165, 1.54) is 6.07 Å². The quantitative estimate of drug-likeness (QED) is 0.748. The summed E-state index contributed by atoms with van der Waals surface area (Å²) < 4.78 is 25.1. The number of pyridine rings is 1. The SMILES string of the molecule is Cc1nc(C(F)F)c(CCl)cc1CC#N. The van der Waals surface area contributed by atoms with Crippen molar-refractivity contribution < 1.29 is 8.78 Å². The lowest BCUT2D eigenvalue weighted by molar-refractivity contribution is 0.145. The van der Waals surface area contributed by atoms with Crippen molar-refractivity contribution in [1.82, 2.24) is 4.98 Å². The molecule has 0 radical (unpaired) electrons. The normalized spacial score (nSPS) is 10.4. The summed E-state index contributed by atoms with van der Waals surface area (Å²) in [5.74, 6) is -0.0224. The zero-order valence-electron chi connectivity index (χ0n) is 8.10. The van der Waals surface area contributed by atoms with Crippen LogP contribution in [0.4, 0.5) is 8.78 Å². The van der Waals surface area contributed by atoms with E-state index in [0.717, 1.165) is 0 Å². The fraction of sp³-hybridized carbons (Fsp3) is 0.400. The topological polar surface area (TPSA) is 36.7 Å². The van der Waals surface area contributed by atoms with E-state index < -0.39 is 6.43 Å². The summed E-state index contributed by atoms with van der Waals surface area (Å²) in [6.45, 7) is 1.61. The molecular formula is C10H9ClF2N2. The molecule has 0 atom stereocenters. The molecule has 0 bridgehead atoms. The molecule has 80 valence electrons. The molecule has 5 heteroatoms. The Morgan fingerprint density at radius 1 is 1.53 bits per heavy atom. The summed E-state index contributed by atoms with van der Waals surface area (Å²) in [6, 6.07) is 3.48. The van der Waals surface area contributed by atoms with Crippen LogP contribution in [0.2, 0.25) is 0 Å². The van der Waals surface area contributed by atoms with E-state index in [0.29, 0.717) is 16.8 Å². The van der Waals surface area contributed by atoms with Gasteiger partial charge in [-0.25, -0.2) is 8.78 Å². The molecule has 2 nitrogen and oxygen atoms in total. The first-order valence-electron chi connectivity index (χ1n) is 4.30. The summed E-state index contributed by atoms with van der Waals surface area (Å²) in [4.78, 5) is 3.78. The van der Waals surface area contributed by atoms with E-state index in [9.17, 15) is 8.78 Å². The van der Waals surface area contributed by atoms with Crippen LogP contribution in [0.5, 0.6) is 0 Å². The van der Waals surface area contributed by atoms with Crippen molar-refractivity contribution in [1.29, 1.82) is 5.26 Å². The monoisotopic (exact) mass is 230 g/mol. The second kappa shape index (κ2) is 5.04. The molecule has 0 aliphatic carbocycles. The number of aromatic nitrogens is 1. The minimum atomic E-state index is -2.63. The lowest BCUT2D eigenvalue weighted by atomic mass is 10.1. The minimum Gasteiger partial charge on any atom is -0.252 e. The first-order chi connectivity index (χ1) is 7.10. The van der Waals surface area contributed by atoms with Gasteiger partial charge in [0.25, 0.3) is 6.43 Å². The lowest BCUT2D eigenvalue weighted by Crippen LogP contribution is -2.02. The Morgan fingerprint density at radius 2 is 2.20 bits per heavy atom. The van der Waals surface area contributed by atoms with Gasteiger partial charge in [-0.1, -0.05) is 0 Å². The molecule has 0 saturated carbocycles. The van der Waals surface area contributed by atoms with Crippen LogP contribution in [0.25, 0.3) is 0 Å². The Labute approximate surface area is 91.5 Å². The third-order valence-corrected chi connectivity index (χ3v) is 2.34. The largest absolute Gasteiger partial charge is 0.280 e. The smallest absolute Gasteiger partial charge is 0.252 e. The summed E-state index contributed by atoms with van der Waals surface area (Å²) in [7, 11) is 0. The van der Waals surface area contributed by atoms with Crippen LogP contribution >= 0.6 is 11.6 Å². The third-order valence-electron chi connectivity index (χ3n) is 2.05. The van der Waals surface area contributed by atoms with E-state index in [1.54, 1.807) is 6.92 Å². The molecule has 0 aliphatic rings. The van der Waals surface area contributed by atoms with Gasteiger partial charge in [0.2, 0.25) is 0 Å². The minimum absolute atomic E-state index is 0.0224. The molecule has 0 unspecified atom stereocenters. The van der Waals surface area contributed by atoms with E-state index in [2.05, 4.69) is 4.98 Å². The van der Waals surface area contributed by atoms with Crippen molar-refractivity contribution in [2.24, 2.45) is 0 Å². The van der Waals surface area contributed by atoms with Crippen molar-refractivity contribution in [3.05, 3.63) is 28.6 Å². The fourth-order valence-corrected chi connectivity index (χ4v) is 1.49. The Hall–Kier alpha value is -1.21. The average Bonchev–Trinajstić information content (AvgIpc) is 2.20. The average molecular weight is 231 g/mol. The molecule has 1 heterocycles. The maximum absolute atomic E-state index is 12.5. The molecule has 0 aliphatic heterocycles.